The normalized spacial score (nSPS) is 20.6. The molecule has 3 rings (SSSR count). The second-order valence-corrected chi connectivity index (χ2v) is 7.08. The van der Waals surface area contributed by atoms with Gasteiger partial charge in [-0.1, -0.05) is 6.07 Å². The Labute approximate surface area is 126 Å². The van der Waals surface area contributed by atoms with Crippen molar-refractivity contribution in [2.45, 2.75) is 58.8 Å². The van der Waals surface area contributed by atoms with Crippen LogP contribution in [0.4, 0.5) is 0 Å². The van der Waals surface area contributed by atoms with Gasteiger partial charge in [-0.05, 0) is 59.1 Å². The van der Waals surface area contributed by atoms with E-state index in [0.717, 1.165) is 16.5 Å². The molecule has 0 amide bonds. The summed E-state index contributed by atoms with van der Waals surface area (Å²) in [5.41, 5.74) is 2.54. The Bertz CT molecular complexity index is 660. The maximum absolute atomic E-state index is 6.12. The highest BCUT2D eigenvalue weighted by atomic mass is 16.7. The minimum atomic E-state index is -0.324. The summed E-state index contributed by atoms with van der Waals surface area (Å²) in [5, 5.41) is 0. The Morgan fingerprint density at radius 1 is 1.10 bits per heavy atom. The van der Waals surface area contributed by atoms with E-state index in [1.165, 1.54) is 0 Å². The lowest BCUT2D eigenvalue weighted by Gasteiger charge is -2.32. The van der Waals surface area contributed by atoms with Crippen LogP contribution >= 0.6 is 0 Å². The highest BCUT2D eigenvalue weighted by molar-refractivity contribution is 6.62. The van der Waals surface area contributed by atoms with Crippen molar-refractivity contribution in [3.8, 4) is 0 Å². The van der Waals surface area contributed by atoms with Crippen LogP contribution < -0.4 is 5.46 Å². The van der Waals surface area contributed by atoms with Gasteiger partial charge in [0, 0.05) is 6.04 Å². The molecule has 5 heteroatoms. The summed E-state index contributed by atoms with van der Waals surface area (Å²) in [5.74, 6) is 0. The lowest BCUT2D eigenvalue weighted by Crippen LogP contribution is -2.41. The van der Waals surface area contributed by atoms with E-state index in [1.807, 2.05) is 18.5 Å². The number of benzene rings is 1. The zero-order chi connectivity index (χ0) is 15.4. The lowest BCUT2D eigenvalue weighted by atomic mass is 9.79. The number of nitrogens with zero attached hydrogens (tertiary/aromatic N) is 2. The molecule has 2 heterocycles. The van der Waals surface area contributed by atoms with Crippen LogP contribution in [0, 0.1) is 0 Å². The van der Waals surface area contributed by atoms with Crippen LogP contribution in [0.2, 0.25) is 0 Å². The van der Waals surface area contributed by atoms with E-state index in [0.29, 0.717) is 6.04 Å². The third kappa shape index (κ3) is 2.28. The van der Waals surface area contributed by atoms with Crippen LogP contribution in [0.3, 0.4) is 0 Å². The molecule has 21 heavy (non-hydrogen) atoms. The van der Waals surface area contributed by atoms with Crippen molar-refractivity contribution >= 4 is 23.6 Å². The summed E-state index contributed by atoms with van der Waals surface area (Å²) in [6, 6.07) is 6.59. The monoisotopic (exact) mass is 286 g/mol. The summed E-state index contributed by atoms with van der Waals surface area (Å²) in [7, 11) is -0.324. The van der Waals surface area contributed by atoms with Gasteiger partial charge in [0.15, 0.2) is 0 Å². The van der Waals surface area contributed by atoms with Gasteiger partial charge in [0.25, 0.3) is 0 Å². The Balaban J connectivity index is 2.01. The molecule has 0 bridgehead atoms. The van der Waals surface area contributed by atoms with Crippen molar-refractivity contribution in [1.29, 1.82) is 0 Å². The zero-order valence-electron chi connectivity index (χ0n) is 13.7. The second kappa shape index (κ2) is 4.58. The molecule has 0 N–H and O–H groups in total. The van der Waals surface area contributed by atoms with E-state index in [2.05, 4.69) is 57.2 Å². The summed E-state index contributed by atoms with van der Waals surface area (Å²) < 4.78 is 14.4. The van der Waals surface area contributed by atoms with Crippen LogP contribution in [-0.4, -0.2) is 27.9 Å². The smallest absolute Gasteiger partial charge is 0.399 e. The van der Waals surface area contributed by atoms with Crippen molar-refractivity contribution in [1.82, 2.24) is 9.55 Å². The molecular weight excluding hydrogens is 263 g/mol. The van der Waals surface area contributed by atoms with Gasteiger partial charge in [0.2, 0.25) is 0 Å². The van der Waals surface area contributed by atoms with Crippen molar-refractivity contribution in [3.63, 3.8) is 0 Å². The van der Waals surface area contributed by atoms with E-state index in [1.54, 1.807) is 0 Å². The highest BCUT2D eigenvalue weighted by Crippen LogP contribution is 2.36. The second-order valence-electron chi connectivity index (χ2n) is 7.08. The fourth-order valence-electron chi connectivity index (χ4n) is 2.58. The number of hydrogen-bond acceptors (Lipinski definition) is 3. The summed E-state index contributed by atoms with van der Waals surface area (Å²) >= 11 is 0. The molecule has 1 aliphatic heterocycles. The van der Waals surface area contributed by atoms with E-state index in [-0.39, 0.29) is 18.3 Å². The van der Waals surface area contributed by atoms with Crippen LogP contribution in [-0.2, 0) is 9.31 Å². The fourth-order valence-corrected chi connectivity index (χ4v) is 2.58. The molecule has 1 aromatic carbocycles. The molecule has 0 aliphatic carbocycles. The number of imidazole rings is 1. The lowest BCUT2D eigenvalue weighted by molar-refractivity contribution is 0.00578. The van der Waals surface area contributed by atoms with Gasteiger partial charge in [0.05, 0.1) is 28.6 Å². The first-order chi connectivity index (χ1) is 9.71. The van der Waals surface area contributed by atoms with Crippen LogP contribution in [0.1, 0.15) is 47.6 Å². The Kier molecular flexibility index (Phi) is 3.19. The SMILES string of the molecule is CC(C)n1cnc2ccc(B3OC(C)(C)C(C)(C)O3)cc21. The van der Waals surface area contributed by atoms with Crippen molar-refractivity contribution in [2.75, 3.05) is 0 Å². The topological polar surface area (TPSA) is 36.3 Å². The molecule has 2 aromatic rings. The zero-order valence-corrected chi connectivity index (χ0v) is 13.7. The molecule has 112 valence electrons. The molecule has 4 nitrogen and oxygen atoms in total. The van der Waals surface area contributed by atoms with Crippen LogP contribution in [0.25, 0.3) is 11.0 Å². The average molecular weight is 286 g/mol. The molecule has 0 saturated carbocycles. The first-order valence-corrected chi connectivity index (χ1v) is 7.53. The Morgan fingerprint density at radius 3 is 2.29 bits per heavy atom. The maximum Gasteiger partial charge on any atom is 0.494 e. The molecule has 1 aromatic heterocycles. The van der Waals surface area contributed by atoms with Crippen molar-refractivity contribution in [3.05, 3.63) is 24.5 Å². The standard InChI is InChI=1S/C16H23BN2O2/c1-11(2)19-10-18-13-8-7-12(9-14(13)19)17-20-15(3,4)16(5,6)21-17/h7-11H,1-6H3. The third-order valence-corrected chi connectivity index (χ3v) is 4.68. The number of hydrogen-bond donors (Lipinski definition) is 0. The predicted octanol–water partition coefficient (Wildman–Crippen LogP) is 2.92. The van der Waals surface area contributed by atoms with Crippen LogP contribution in [0.15, 0.2) is 24.5 Å². The predicted molar refractivity (Wildman–Crippen MR) is 85.8 cm³/mol. The Hall–Kier alpha value is -1.33. The van der Waals surface area contributed by atoms with E-state index < -0.39 is 0 Å². The van der Waals surface area contributed by atoms with Crippen molar-refractivity contribution in [2.24, 2.45) is 0 Å². The first-order valence-electron chi connectivity index (χ1n) is 7.53. The summed E-state index contributed by atoms with van der Waals surface area (Å²) in [4.78, 5) is 4.45. The summed E-state index contributed by atoms with van der Waals surface area (Å²) in [6.45, 7) is 12.6. The average Bonchev–Trinajstić information content (AvgIpc) is 2.87. The van der Waals surface area contributed by atoms with Gasteiger partial charge < -0.3 is 13.9 Å². The van der Waals surface area contributed by atoms with Gasteiger partial charge in [-0.2, -0.15) is 0 Å². The fraction of sp³-hybridized carbons (Fsp3) is 0.562. The van der Waals surface area contributed by atoms with Gasteiger partial charge in [-0.3, -0.25) is 0 Å². The van der Waals surface area contributed by atoms with Crippen molar-refractivity contribution < 1.29 is 9.31 Å². The first kappa shape index (κ1) is 14.6. The minimum Gasteiger partial charge on any atom is -0.399 e. The number of rotatable bonds is 2. The molecule has 0 radical (unpaired) electrons. The third-order valence-electron chi connectivity index (χ3n) is 4.68. The molecular formula is C16H23BN2O2. The highest BCUT2D eigenvalue weighted by Gasteiger charge is 2.51. The van der Waals surface area contributed by atoms with Gasteiger partial charge in [-0.15, -0.1) is 0 Å². The van der Waals surface area contributed by atoms with Gasteiger partial charge >= 0.3 is 7.12 Å². The molecule has 0 spiro atoms. The molecule has 1 aliphatic rings. The van der Waals surface area contributed by atoms with E-state index in [9.17, 15) is 0 Å². The number of fused-ring (bicyclic) bond motifs is 1. The van der Waals surface area contributed by atoms with E-state index >= 15 is 0 Å². The largest absolute Gasteiger partial charge is 0.494 e. The van der Waals surface area contributed by atoms with E-state index in [4.69, 9.17) is 9.31 Å². The van der Waals surface area contributed by atoms with Gasteiger partial charge in [0.1, 0.15) is 0 Å². The molecule has 1 saturated heterocycles. The molecule has 1 fully saturated rings. The Morgan fingerprint density at radius 2 is 1.71 bits per heavy atom. The quantitative estimate of drug-likeness (QED) is 0.796. The summed E-state index contributed by atoms with van der Waals surface area (Å²) in [6.07, 6.45) is 1.89. The number of aromatic nitrogens is 2. The maximum atomic E-state index is 6.12. The minimum absolute atomic E-state index is 0.315. The molecule has 0 atom stereocenters. The van der Waals surface area contributed by atoms with Crippen LogP contribution in [0.5, 0.6) is 0 Å². The van der Waals surface area contributed by atoms with Gasteiger partial charge in [-0.25, -0.2) is 4.98 Å². The molecule has 0 unspecified atom stereocenters.